The first-order valence-corrected chi connectivity index (χ1v) is 12.3. The average Bonchev–Trinajstić information content (AvgIpc) is 3.16. The first kappa shape index (κ1) is 21.8. The lowest BCUT2D eigenvalue weighted by molar-refractivity contribution is 0.636. The number of aromatic nitrogens is 2. The number of thiophene rings is 1. The lowest BCUT2D eigenvalue weighted by Gasteiger charge is -2.14. The van der Waals surface area contributed by atoms with Gasteiger partial charge in [0, 0.05) is 19.9 Å². The number of rotatable bonds is 4. The van der Waals surface area contributed by atoms with Crippen molar-refractivity contribution in [2.24, 2.45) is 0 Å². The Kier molecular flexibility index (Phi) is 5.93. The molecule has 0 N–H and O–H groups in total. The predicted molar refractivity (Wildman–Crippen MR) is 133 cm³/mol. The quantitative estimate of drug-likeness (QED) is 0.333. The van der Waals surface area contributed by atoms with Crippen LogP contribution in [0.15, 0.2) is 52.1 Å². The summed E-state index contributed by atoms with van der Waals surface area (Å²) in [6.07, 6.45) is 3.94. The Hall–Kier alpha value is -2.05. The summed E-state index contributed by atoms with van der Waals surface area (Å²) in [5.41, 5.74) is 1.97. The standard InChI is InChI=1S/C24H19Cl3N2O2S/c25-16-10-9-15(19(27)11-16)13-29-23-21(17-6-2-4-8-20(17)32-23)22(30)28(24(29)31)12-14-5-1-3-7-18(14)26/h1,3,5,7,9-11H,2,4,6,8,12-13H2. The van der Waals surface area contributed by atoms with Crippen LogP contribution in [0.3, 0.4) is 0 Å². The van der Waals surface area contributed by atoms with E-state index in [0.717, 1.165) is 42.4 Å². The molecule has 0 unspecified atom stereocenters. The Bertz CT molecular complexity index is 1470. The molecule has 0 aliphatic heterocycles. The minimum Gasteiger partial charge on any atom is -0.280 e. The minimum atomic E-state index is -0.368. The van der Waals surface area contributed by atoms with E-state index in [9.17, 15) is 9.59 Å². The Morgan fingerprint density at radius 2 is 1.56 bits per heavy atom. The highest BCUT2D eigenvalue weighted by Crippen LogP contribution is 2.35. The van der Waals surface area contributed by atoms with Gasteiger partial charge < -0.3 is 0 Å². The SMILES string of the molecule is O=c1c2c3c(sc2n(Cc2ccc(Cl)cc2Cl)c(=O)n1Cc1ccccc1Cl)CCCC3. The minimum absolute atomic E-state index is 0.117. The molecule has 164 valence electrons. The molecule has 32 heavy (non-hydrogen) atoms. The molecule has 0 fully saturated rings. The van der Waals surface area contributed by atoms with Gasteiger partial charge >= 0.3 is 5.69 Å². The molecule has 0 saturated heterocycles. The molecule has 1 aliphatic carbocycles. The lowest BCUT2D eigenvalue weighted by Crippen LogP contribution is -2.40. The van der Waals surface area contributed by atoms with E-state index >= 15 is 0 Å². The van der Waals surface area contributed by atoms with Gasteiger partial charge in [-0.1, -0.05) is 59.1 Å². The van der Waals surface area contributed by atoms with Gasteiger partial charge in [-0.25, -0.2) is 4.79 Å². The number of hydrogen-bond donors (Lipinski definition) is 0. The molecule has 0 saturated carbocycles. The number of fused-ring (bicyclic) bond motifs is 3. The van der Waals surface area contributed by atoms with Gasteiger partial charge in [-0.05, 0) is 60.6 Å². The van der Waals surface area contributed by atoms with Crippen molar-refractivity contribution in [2.75, 3.05) is 0 Å². The normalized spacial score (nSPS) is 13.5. The van der Waals surface area contributed by atoms with Crippen LogP contribution in [0.4, 0.5) is 0 Å². The van der Waals surface area contributed by atoms with Gasteiger partial charge in [0.15, 0.2) is 0 Å². The van der Waals surface area contributed by atoms with Crippen molar-refractivity contribution in [2.45, 2.75) is 38.8 Å². The maximum absolute atomic E-state index is 13.6. The fourth-order valence-electron chi connectivity index (χ4n) is 4.31. The van der Waals surface area contributed by atoms with Gasteiger partial charge in [0.25, 0.3) is 5.56 Å². The maximum Gasteiger partial charge on any atom is 0.332 e. The third-order valence-corrected chi connectivity index (χ3v) is 8.22. The molecular weight excluding hydrogens is 487 g/mol. The van der Waals surface area contributed by atoms with E-state index in [1.54, 1.807) is 34.1 Å². The van der Waals surface area contributed by atoms with Gasteiger partial charge in [0.2, 0.25) is 0 Å². The van der Waals surface area contributed by atoms with E-state index in [4.69, 9.17) is 34.8 Å². The summed E-state index contributed by atoms with van der Waals surface area (Å²) in [5.74, 6) is 0. The number of aryl methyl sites for hydroxylation is 2. The highest BCUT2D eigenvalue weighted by Gasteiger charge is 2.24. The Morgan fingerprint density at radius 3 is 2.34 bits per heavy atom. The second-order valence-electron chi connectivity index (χ2n) is 7.98. The van der Waals surface area contributed by atoms with Crippen LogP contribution >= 0.6 is 46.1 Å². The van der Waals surface area contributed by atoms with Crippen molar-refractivity contribution < 1.29 is 0 Å². The molecule has 0 radical (unpaired) electrons. The molecule has 2 aromatic heterocycles. The first-order chi connectivity index (χ1) is 15.4. The smallest absolute Gasteiger partial charge is 0.280 e. The maximum atomic E-state index is 13.6. The van der Waals surface area contributed by atoms with Crippen molar-refractivity contribution in [1.82, 2.24) is 9.13 Å². The first-order valence-electron chi connectivity index (χ1n) is 10.4. The summed E-state index contributed by atoms with van der Waals surface area (Å²) in [7, 11) is 0. The highest BCUT2D eigenvalue weighted by atomic mass is 35.5. The van der Waals surface area contributed by atoms with Gasteiger partial charge in [-0.3, -0.25) is 13.9 Å². The Balaban J connectivity index is 1.76. The lowest BCUT2D eigenvalue weighted by atomic mass is 9.97. The Labute approximate surface area is 203 Å². The molecule has 8 heteroatoms. The van der Waals surface area contributed by atoms with E-state index < -0.39 is 0 Å². The molecule has 0 amide bonds. The fourth-order valence-corrected chi connectivity index (χ4v) is 6.35. The van der Waals surface area contributed by atoms with Crippen LogP contribution in [-0.2, 0) is 25.9 Å². The zero-order chi connectivity index (χ0) is 22.4. The zero-order valence-corrected chi connectivity index (χ0v) is 20.1. The van der Waals surface area contributed by atoms with E-state index in [0.29, 0.717) is 25.3 Å². The fraction of sp³-hybridized carbons (Fsp3) is 0.250. The summed E-state index contributed by atoms with van der Waals surface area (Å²) in [4.78, 5) is 29.1. The topological polar surface area (TPSA) is 44.0 Å². The molecule has 1 aliphatic rings. The van der Waals surface area contributed by atoms with Crippen LogP contribution in [0.5, 0.6) is 0 Å². The molecule has 4 nitrogen and oxygen atoms in total. The third kappa shape index (κ3) is 3.81. The number of hydrogen-bond acceptors (Lipinski definition) is 3. The molecule has 2 aromatic carbocycles. The van der Waals surface area contributed by atoms with Crippen LogP contribution in [0.25, 0.3) is 10.2 Å². The summed E-state index contributed by atoms with van der Waals surface area (Å²) in [6, 6.07) is 12.5. The summed E-state index contributed by atoms with van der Waals surface area (Å²) in [5, 5.41) is 2.20. The van der Waals surface area contributed by atoms with E-state index in [-0.39, 0.29) is 24.3 Å². The van der Waals surface area contributed by atoms with Gasteiger partial charge in [-0.2, -0.15) is 0 Å². The third-order valence-electron chi connectivity index (χ3n) is 5.95. The van der Waals surface area contributed by atoms with Gasteiger partial charge in [0.1, 0.15) is 4.83 Å². The summed E-state index contributed by atoms with van der Waals surface area (Å²) < 4.78 is 2.97. The van der Waals surface area contributed by atoms with E-state index in [2.05, 4.69) is 0 Å². The second kappa shape index (κ2) is 8.71. The van der Waals surface area contributed by atoms with Crippen LogP contribution in [0.1, 0.15) is 34.4 Å². The molecule has 0 bridgehead atoms. The van der Waals surface area contributed by atoms with Crippen molar-refractivity contribution in [3.05, 3.63) is 99.9 Å². The second-order valence-corrected chi connectivity index (χ2v) is 10.3. The van der Waals surface area contributed by atoms with Crippen molar-refractivity contribution in [1.29, 1.82) is 0 Å². The largest absolute Gasteiger partial charge is 0.332 e. The summed E-state index contributed by atoms with van der Waals surface area (Å²) in [6.45, 7) is 0.375. The van der Waals surface area contributed by atoms with Gasteiger partial charge in [0.05, 0.1) is 18.5 Å². The molecule has 5 rings (SSSR count). The van der Waals surface area contributed by atoms with Crippen LogP contribution in [-0.4, -0.2) is 9.13 Å². The van der Waals surface area contributed by atoms with E-state index in [1.807, 2.05) is 24.3 Å². The number of halogens is 3. The number of nitrogens with zero attached hydrogens (tertiary/aromatic N) is 2. The van der Waals surface area contributed by atoms with Crippen LogP contribution in [0.2, 0.25) is 15.1 Å². The molecule has 0 atom stereocenters. The van der Waals surface area contributed by atoms with E-state index in [1.165, 1.54) is 9.44 Å². The van der Waals surface area contributed by atoms with Gasteiger partial charge in [-0.15, -0.1) is 11.3 Å². The predicted octanol–water partition coefficient (Wildman–Crippen LogP) is 6.16. The van der Waals surface area contributed by atoms with Crippen molar-refractivity contribution >= 4 is 56.4 Å². The molecule has 2 heterocycles. The monoisotopic (exact) mass is 504 g/mol. The van der Waals surface area contributed by atoms with Crippen molar-refractivity contribution in [3.8, 4) is 0 Å². The Morgan fingerprint density at radius 1 is 0.844 bits per heavy atom. The highest BCUT2D eigenvalue weighted by molar-refractivity contribution is 7.18. The average molecular weight is 506 g/mol. The molecule has 0 spiro atoms. The molecule has 4 aromatic rings. The van der Waals surface area contributed by atoms with Crippen LogP contribution in [0, 0.1) is 0 Å². The van der Waals surface area contributed by atoms with Crippen molar-refractivity contribution in [3.63, 3.8) is 0 Å². The molecular formula is C24H19Cl3N2O2S. The zero-order valence-electron chi connectivity index (χ0n) is 17.0. The number of benzene rings is 2. The summed E-state index contributed by atoms with van der Waals surface area (Å²) >= 11 is 20.4. The van der Waals surface area contributed by atoms with Crippen LogP contribution < -0.4 is 11.2 Å².